The number of amides is 1. The standard InChI is InChI=1S/C22H27ClN2O4S2/c1-29-19-10-12-21(13-11-19)31(27,28)25(18-8-6-17(23)7-9-18)16-22(26)24-14-15-30-20-4-2-3-5-20/h6-13,20H,2-5,14-16H2,1H3,(H,24,26). The van der Waals surface area contributed by atoms with Crippen molar-refractivity contribution in [3.05, 3.63) is 53.6 Å². The van der Waals surface area contributed by atoms with Crippen molar-refractivity contribution in [3.8, 4) is 5.75 Å². The molecule has 6 nitrogen and oxygen atoms in total. The summed E-state index contributed by atoms with van der Waals surface area (Å²) in [6, 6.07) is 12.5. The summed E-state index contributed by atoms with van der Waals surface area (Å²) in [5.41, 5.74) is 0.371. The minimum absolute atomic E-state index is 0.0767. The second kappa shape index (κ2) is 11.1. The van der Waals surface area contributed by atoms with E-state index in [0.717, 1.165) is 10.1 Å². The molecule has 1 N–H and O–H groups in total. The summed E-state index contributed by atoms with van der Waals surface area (Å²) in [5, 5.41) is 4.01. The van der Waals surface area contributed by atoms with Crippen molar-refractivity contribution < 1.29 is 17.9 Å². The second-order valence-corrected chi connectivity index (χ2v) is 11.0. The van der Waals surface area contributed by atoms with Crippen LogP contribution < -0.4 is 14.4 Å². The Balaban J connectivity index is 1.71. The van der Waals surface area contributed by atoms with Gasteiger partial charge in [-0.1, -0.05) is 24.4 Å². The molecule has 1 fully saturated rings. The molecular weight excluding hydrogens is 456 g/mol. The number of carbonyl (C=O) groups is 1. The zero-order chi connectivity index (χ0) is 22.3. The first-order valence-electron chi connectivity index (χ1n) is 10.2. The highest BCUT2D eigenvalue weighted by atomic mass is 35.5. The molecule has 0 atom stereocenters. The van der Waals surface area contributed by atoms with Gasteiger partial charge in [0.25, 0.3) is 10.0 Å². The van der Waals surface area contributed by atoms with Gasteiger partial charge in [0.15, 0.2) is 0 Å². The maximum absolute atomic E-state index is 13.3. The molecule has 0 bridgehead atoms. The third kappa shape index (κ3) is 6.54. The summed E-state index contributed by atoms with van der Waals surface area (Å²) in [6.45, 7) is 0.196. The molecule has 1 aliphatic carbocycles. The van der Waals surface area contributed by atoms with Crippen molar-refractivity contribution in [1.29, 1.82) is 0 Å². The summed E-state index contributed by atoms with van der Waals surface area (Å²) in [6.07, 6.45) is 5.04. The Kier molecular flexibility index (Phi) is 8.51. The number of ether oxygens (including phenoxy) is 1. The van der Waals surface area contributed by atoms with Gasteiger partial charge in [-0.3, -0.25) is 9.10 Å². The SMILES string of the molecule is COc1ccc(S(=O)(=O)N(CC(=O)NCCSC2CCCC2)c2ccc(Cl)cc2)cc1. The summed E-state index contributed by atoms with van der Waals surface area (Å²) < 4.78 is 32.9. The van der Waals surface area contributed by atoms with Crippen LogP contribution in [0.2, 0.25) is 5.02 Å². The Labute approximate surface area is 193 Å². The van der Waals surface area contributed by atoms with Gasteiger partial charge in [0.05, 0.1) is 17.7 Å². The lowest BCUT2D eigenvalue weighted by Crippen LogP contribution is -2.41. The topological polar surface area (TPSA) is 75.7 Å². The molecular formula is C22H27ClN2O4S2. The number of nitrogens with one attached hydrogen (secondary N) is 1. The predicted octanol–water partition coefficient (Wildman–Crippen LogP) is 4.34. The van der Waals surface area contributed by atoms with Crippen molar-refractivity contribution in [1.82, 2.24) is 5.32 Å². The molecule has 0 saturated heterocycles. The Morgan fingerprint density at radius 1 is 1.13 bits per heavy atom. The fourth-order valence-electron chi connectivity index (χ4n) is 3.45. The Morgan fingerprint density at radius 2 is 1.77 bits per heavy atom. The molecule has 0 heterocycles. The van der Waals surface area contributed by atoms with Crippen LogP contribution >= 0.6 is 23.4 Å². The van der Waals surface area contributed by atoms with Crippen LogP contribution in [0.3, 0.4) is 0 Å². The smallest absolute Gasteiger partial charge is 0.264 e. The van der Waals surface area contributed by atoms with E-state index in [9.17, 15) is 13.2 Å². The fourth-order valence-corrected chi connectivity index (χ4v) is 6.22. The van der Waals surface area contributed by atoms with Crippen LogP contribution in [-0.4, -0.2) is 45.5 Å². The lowest BCUT2D eigenvalue weighted by atomic mass is 10.3. The van der Waals surface area contributed by atoms with E-state index in [1.54, 1.807) is 36.4 Å². The van der Waals surface area contributed by atoms with Crippen LogP contribution in [0.4, 0.5) is 5.69 Å². The zero-order valence-electron chi connectivity index (χ0n) is 17.4. The summed E-state index contributed by atoms with van der Waals surface area (Å²) in [4.78, 5) is 12.7. The van der Waals surface area contributed by atoms with Gasteiger partial charge in [-0.2, -0.15) is 11.8 Å². The largest absolute Gasteiger partial charge is 0.497 e. The van der Waals surface area contributed by atoms with Gasteiger partial charge in [-0.15, -0.1) is 0 Å². The van der Waals surface area contributed by atoms with Crippen molar-refractivity contribution >= 4 is 45.0 Å². The highest BCUT2D eigenvalue weighted by Gasteiger charge is 2.27. The molecule has 9 heteroatoms. The van der Waals surface area contributed by atoms with Crippen molar-refractivity contribution in [2.75, 3.05) is 30.3 Å². The quantitative estimate of drug-likeness (QED) is 0.510. The molecule has 0 radical (unpaired) electrons. The third-order valence-corrected chi connectivity index (χ3v) is 8.55. The van der Waals surface area contributed by atoms with Gasteiger partial charge >= 0.3 is 0 Å². The first kappa shape index (κ1) is 23.8. The predicted molar refractivity (Wildman–Crippen MR) is 127 cm³/mol. The molecule has 3 rings (SSSR count). The number of thioether (sulfide) groups is 1. The molecule has 2 aromatic carbocycles. The number of benzene rings is 2. The monoisotopic (exact) mass is 482 g/mol. The van der Waals surface area contributed by atoms with E-state index in [4.69, 9.17) is 16.3 Å². The molecule has 1 saturated carbocycles. The van der Waals surface area contributed by atoms with Crippen LogP contribution in [0.1, 0.15) is 25.7 Å². The number of anilines is 1. The number of nitrogens with zero attached hydrogens (tertiary/aromatic N) is 1. The molecule has 2 aromatic rings. The Hall–Kier alpha value is -1.90. The number of rotatable bonds is 10. The van der Waals surface area contributed by atoms with Crippen molar-refractivity contribution in [2.24, 2.45) is 0 Å². The lowest BCUT2D eigenvalue weighted by Gasteiger charge is -2.24. The number of halogens is 1. The van der Waals surface area contributed by atoms with E-state index in [0.29, 0.717) is 28.3 Å². The highest BCUT2D eigenvalue weighted by molar-refractivity contribution is 7.99. The van der Waals surface area contributed by atoms with Crippen LogP contribution in [0.15, 0.2) is 53.4 Å². The van der Waals surface area contributed by atoms with Crippen LogP contribution in [-0.2, 0) is 14.8 Å². The van der Waals surface area contributed by atoms with Crippen LogP contribution in [0.5, 0.6) is 5.75 Å². The second-order valence-electron chi connectivity index (χ2n) is 7.29. The Morgan fingerprint density at radius 3 is 2.39 bits per heavy atom. The first-order chi connectivity index (χ1) is 14.9. The average molecular weight is 483 g/mol. The third-order valence-electron chi connectivity index (χ3n) is 5.13. The lowest BCUT2D eigenvalue weighted by molar-refractivity contribution is -0.119. The van der Waals surface area contributed by atoms with Gasteiger partial charge in [0, 0.05) is 22.6 Å². The molecule has 1 aliphatic rings. The van der Waals surface area contributed by atoms with Gasteiger partial charge in [-0.05, 0) is 61.4 Å². The first-order valence-corrected chi connectivity index (χ1v) is 13.1. The van der Waals surface area contributed by atoms with Gasteiger partial charge in [0.1, 0.15) is 12.3 Å². The van der Waals surface area contributed by atoms with E-state index in [-0.39, 0.29) is 17.3 Å². The van der Waals surface area contributed by atoms with Crippen LogP contribution in [0.25, 0.3) is 0 Å². The van der Waals surface area contributed by atoms with Crippen LogP contribution in [0, 0.1) is 0 Å². The van der Waals surface area contributed by atoms with E-state index in [1.165, 1.54) is 44.9 Å². The average Bonchev–Trinajstić information content (AvgIpc) is 3.29. The van der Waals surface area contributed by atoms with Crippen molar-refractivity contribution in [3.63, 3.8) is 0 Å². The Bertz CT molecular complexity index is 960. The molecule has 0 spiro atoms. The van der Waals surface area contributed by atoms with E-state index in [2.05, 4.69) is 5.32 Å². The number of carbonyl (C=O) groups excluding carboxylic acids is 1. The number of sulfonamides is 1. The summed E-state index contributed by atoms with van der Waals surface area (Å²) >= 11 is 7.84. The normalized spacial score (nSPS) is 14.4. The minimum atomic E-state index is -3.96. The minimum Gasteiger partial charge on any atom is -0.497 e. The van der Waals surface area contributed by atoms with Crippen molar-refractivity contribution in [2.45, 2.75) is 35.8 Å². The van der Waals surface area contributed by atoms with E-state index < -0.39 is 10.0 Å². The van der Waals surface area contributed by atoms with E-state index >= 15 is 0 Å². The number of hydrogen-bond acceptors (Lipinski definition) is 5. The summed E-state index contributed by atoms with van der Waals surface area (Å²) in [7, 11) is -2.45. The van der Waals surface area contributed by atoms with Gasteiger partial charge < -0.3 is 10.1 Å². The van der Waals surface area contributed by atoms with Gasteiger partial charge in [0.2, 0.25) is 5.91 Å². The molecule has 0 unspecified atom stereocenters. The van der Waals surface area contributed by atoms with E-state index in [1.807, 2.05) is 11.8 Å². The zero-order valence-corrected chi connectivity index (χ0v) is 19.8. The highest BCUT2D eigenvalue weighted by Crippen LogP contribution is 2.29. The van der Waals surface area contributed by atoms with Gasteiger partial charge in [-0.25, -0.2) is 8.42 Å². The molecule has 0 aliphatic heterocycles. The molecule has 168 valence electrons. The maximum atomic E-state index is 13.3. The summed E-state index contributed by atoms with van der Waals surface area (Å²) in [5.74, 6) is 1.02. The molecule has 1 amide bonds. The fraction of sp³-hybridized carbons (Fsp3) is 0.409. The molecule has 31 heavy (non-hydrogen) atoms. The number of methoxy groups -OCH3 is 1. The molecule has 0 aromatic heterocycles. The number of hydrogen-bond donors (Lipinski definition) is 1. The maximum Gasteiger partial charge on any atom is 0.264 e.